The molecule has 1 rings (SSSR count). The molecule has 1 aromatic heterocycles. The minimum Gasteiger partial charge on any atom is -0.496 e. The van der Waals surface area contributed by atoms with Crippen LogP contribution in [0.15, 0.2) is 18.9 Å². The first-order valence-electron chi connectivity index (χ1n) is 4.80. The molecule has 14 heavy (non-hydrogen) atoms. The van der Waals surface area contributed by atoms with Crippen LogP contribution in [0, 0.1) is 13.8 Å². The zero-order chi connectivity index (χ0) is 10.6. The van der Waals surface area contributed by atoms with E-state index in [1.54, 1.807) is 7.11 Å². The molecule has 76 valence electrons. The minimum atomic E-state index is 0.936. The van der Waals surface area contributed by atoms with Crippen LogP contribution in [0.3, 0.4) is 0 Å². The van der Waals surface area contributed by atoms with Crippen molar-refractivity contribution < 1.29 is 4.74 Å². The highest BCUT2D eigenvalue weighted by Crippen LogP contribution is 2.24. The van der Waals surface area contributed by atoms with Gasteiger partial charge in [0.05, 0.1) is 7.11 Å². The van der Waals surface area contributed by atoms with Crippen molar-refractivity contribution in [2.75, 3.05) is 7.11 Å². The summed E-state index contributed by atoms with van der Waals surface area (Å²) in [5.41, 5.74) is 3.34. The summed E-state index contributed by atoms with van der Waals surface area (Å²) < 4.78 is 5.33. The van der Waals surface area contributed by atoms with Crippen LogP contribution in [0.1, 0.15) is 23.2 Å². The van der Waals surface area contributed by atoms with Crippen LogP contribution >= 0.6 is 0 Å². The molecule has 2 nitrogen and oxygen atoms in total. The van der Waals surface area contributed by atoms with E-state index in [4.69, 9.17) is 4.74 Å². The van der Waals surface area contributed by atoms with Crippen molar-refractivity contribution in [1.82, 2.24) is 4.98 Å². The van der Waals surface area contributed by atoms with Gasteiger partial charge in [-0.2, -0.15) is 0 Å². The van der Waals surface area contributed by atoms with E-state index in [1.165, 1.54) is 0 Å². The molecule has 2 heteroatoms. The fourth-order valence-corrected chi connectivity index (χ4v) is 1.56. The Bertz CT molecular complexity index is 331. The second-order valence-corrected chi connectivity index (χ2v) is 3.37. The average molecular weight is 191 g/mol. The van der Waals surface area contributed by atoms with Crippen LogP contribution < -0.4 is 4.74 Å². The Balaban J connectivity index is 3.01. The molecule has 0 radical (unpaired) electrons. The van der Waals surface area contributed by atoms with E-state index in [2.05, 4.69) is 18.5 Å². The van der Waals surface area contributed by atoms with E-state index >= 15 is 0 Å². The van der Waals surface area contributed by atoms with E-state index in [1.807, 2.05) is 19.2 Å². The molecule has 0 unspecified atom stereocenters. The maximum atomic E-state index is 5.33. The lowest BCUT2D eigenvalue weighted by atomic mass is 10.1. The number of pyridine rings is 1. The van der Waals surface area contributed by atoms with Crippen LogP contribution in [0.5, 0.6) is 5.75 Å². The van der Waals surface area contributed by atoms with Crippen LogP contribution in [0.2, 0.25) is 0 Å². The molecule has 0 aromatic carbocycles. The zero-order valence-electron chi connectivity index (χ0n) is 9.13. The van der Waals surface area contributed by atoms with Gasteiger partial charge < -0.3 is 4.74 Å². The van der Waals surface area contributed by atoms with Crippen LogP contribution in [0.4, 0.5) is 0 Å². The van der Waals surface area contributed by atoms with E-state index in [0.717, 1.165) is 35.4 Å². The van der Waals surface area contributed by atoms with Gasteiger partial charge in [0.25, 0.3) is 0 Å². The van der Waals surface area contributed by atoms with Crippen molar-refractivity contribution in [3.8, 4) is 5.75 Å². The van der Waals surface area contributed by atoms with Gasteiger partial charge in [0.15, 0.2) is 0 Å². The molecule has 0 saturated heterocycles. The van der Waals surface area contributed by atoms with Crippen molar-refractivity contribution >= 4 is 0 Å². The molecular weight excluding hydrogens is 174 g/mol. The summed E-state index contributed by atoms with van der Waals surface area (Å²) in [4.78, 5) is 4.40. The highest BCUT2D eigenvalue weighted by Gasteiger charge is 2.07. The zero-order valence-corrected chi connectivity index (χ0v) is 9.13. The Morgan fingerprint density at radius 3 is 2.79 bits per heavy atom. The Morgan fingerprint density at radius 1 is 1.50 bits per heavy atom. The maximum absolute atomic E-state index is 5.33. The number of allylic oxidation sites excluding steroid dienone is 1. The Labute approximate surface area is 85.6 Å². The molecule has 0 aliphatic carbocycles. The topological polar surface area (TPSA) is 22.1 Å². The summed E-state index contributed by atoms with van der Waals surface area (Å²) in [6.45, 7) is 7.77. The first-order valence-corrected chi connectivity index (χ1v) is 4.80. The highest BCUT2D eigenvalue weighted by molar-refractivity contribution is 5.41. The number of aromatic nitrogens is 1. The molecule has 0 N–H and O–H groups in total. The Hall–Kier alpha value is -1.31. The molecule has 0 atom stereocenters. The number of hydrogen-bond acceptors (Lipinski definition) is 2. The van der Waals surface area contributed by atoms with Crippen LogP contribution in [-0.4, -0.2) is 12.1 Å². The van der Waals surface area contributed by atoms with Crippen LogP contribution in [0.25, 0.3) is 0 Å². The third-order valence-electron chi connectivity index (χ3n) is 2.34. The number of ether oxygens (including phenoxy) is 1. The van der Waals surface area contributed by atoms with Gasteiger partial charge in [0.1, 0.15) is 5.75 Å². The lowest BCUT2D eigenvalue weighted by Crippen LogP contribution is -1.99. The molecule has 0 bridgehead atoms. The van der Waals surface area contributed by atoms with E-state index in [9.17, 15) is 0 Å². The smallest absolute Gasteiger partial charge is 0.128 e. The number of nitrogens with zero attached hydrogens (tertiary/aromatic N) is 1. The normalized spacial score (nSPS) is 9.93. The van der Waals surface area contributed by atoms with Gasteiger partial charge in [-0.25, -0.2) is 0 Å². The summed E-state index contributed by atoms with van der Waals surface area (Å²) in [5.74, 6) is 0.957. The minimum absolute atomic E-state index is 0.936. The first kappa shape index (κ1) is 10.8. The summed E-state index contributed by atoms with van der Waals surface area (Å²) in [6.07, 6.45) is 5.67. The SMILES string of the molecule is C=CCCc1ncc(C)c(OC)c1C. The van der Waals surface area contributed by atoms with Gasteiger partial charge in [-0.15, -0.1) is 6.58 Å². The molecule has 0 fully saturated rings. The van der Waals surface area contributed by atoms with Gasteiger partial charge >= 0.3 is 0 Å². The summed E-state index contributed by atoms with van der Waals surface area (Å²) >= 11 is 0. The second-order valence-electron chi connectivity index (χ2n) is 3.37. The summed E-state index contributed by atoms with van der Waals surface area (Å²) in [5, 5.41) is 0. The predicted octanol–water partition coefficient (Wildman–Crippen LogP) is 2.83. The monoisotopic (exact) mass is 191 g/mol. The maximum Gasteiger partial charge on any atom is 0.128 e. The molecule has 1 aromatic rings. The van der Waals surface area contributed by atoms with Gasteiger partial charge in [-0.1, -0.05) is 6.08 Å². The van der Waals surface area contributed by atoms with Crippen molar-refractivity contribution in [2.24, 2.45) is 0 Å². The molecule has 0 spiro atoms. The number of rotatable bonds is 4. The molecule has 1 heterocycles. The lowest BCUT2D eigenvalue weighted by Gasteiger charge is -2.11. The second kappa shape index (κ2) is 4.80. The highest BCUT2D eigenvalue weighted by atomic mass is 16.5. The fourth-order valence-electron chi connectivity index (χ4n) is 1.56. The molecular formula is C12H17NO. The average Bonchev–Trinajstić information content (AvgIpc) is 2.18. The largest absolute Gasteiger partial charge is 0.496 e. The number of hydrogen-bond donors (Lipinski definition) is 0. The Morgan fingerprint density at radius 2 is 2.21 bits per heavy atom. The van der Waals surface area contributed by atoms with Crippen LogP contribution in [-0.2, 0) is 6.42 Å². The number of aryl methyl sites for hydroxylation is 2. The summed E-state index contributed by atoms with van der Waals surface area (Å²) in [7, 11) is 1.70. The summed E-state index contributed by atoms with van der Waals surface area (Å²) in [6, 6.07) is 0. The standard InChI is InChI=1S/C12H17NO/c1-5-6-7-11-10(3)12(14-4)9(2)8-13-11/h5,8H,1,6-7H2,2-4H3. The quantitative estimate of drug-likeness (QED) is 0.683. The van der Waals surface area contributed by atoms with Crippen molar-refractivity contribution in [2.45, 2.75) is 26.7 Å². The van der Waals surface area contributed by atoms with Crippen molar-refractivity contribution in [1.29, 1.82) is 0 Å². The lowest BCUT2D eigenvalue weighted by molar-refractivity contribution is 0.407. The number of methoxy groups -OCH3 is 1. The van der Waals surface area contributed by atoms with E-state index in [-0.39, 0.29) is 0 Å². The third-order valence-corrected chi connectivity index (χ3v) is 2.34. The molecule has 0 aliphatic rings. The van der Waals surface area contributed by atoms with E-state index < -0.39 is 0 Å². The molecule has 0 saturated carbocycles. The first-order chi connectivity index (χ1) is 6.70. The molecule has 0 aliphatic heterocycles. The van der Waals surface area contributed by atoms with E-state index in [0.29, 0.717) is 0 Å². The van der Waals surface area contributed by atoms with Gasteiger partial charge in [-0.3, -0.25) is 4.98 Å². The van der Waals surface area contributed by atoms with Gasteiger partial charge in [-0.05, 0) is 26.7 Å². The van der Waals surface area contributed by atoms with Gasteiger partial charge in [0.2, 0.25) is 0 Å². The van der Waals surface area contributed by atoms with Crippen molar-refractivity contribution in [3.63, 3.8) is 0 Å². The van der Waals surface area contributed by atoms with Crippen molar-refractivity contribution in [3.05, 3.63) is 35.7 Å². The predicted molar refractivity (Wildman–Crippen MR) is 58.8 cm³/mol. The fraction of sp³-hybridized carbons (Fsp3) is 0.417. The third kappa shape index (κ3) is 2.13. The molecule has 0 amide bonds. The van der Waals surface area contributed by atoms with Gasteiger partial charge in [0, 0.05) is 23.0 Å². The Kier molecular flexibility index (Phi) is 3.69.